The van der Waals surface area contributed by atoms with Gasteiger partial charge in [-0.25, -0.2) is 4.79 Å². The van der Waals surface area contributed by atoms with Crippen LogP contribution in [0.5, 0.6) is 0 Å². The van der Waals surface area contributed by atoms with Crippen LogP contribution < -0.4 is 27.4 Å². The highest BCUT2D eigenvalue weighted by atomic mass is 16.4. The molecule has 0 rings (SSSR count). The Morgan fingerprint density at radius 3 is 1.83 bits per heavy atom. The van der Waals surface area contributed by atoms with Crippen LogP contribution in [0.1, 0.15) is 33.6 Å². The van der Waals surface area contributed by atoms with Crippen molar-refractivity contribution in [3.8, 4) is 0 Å². The van der Waals surface area contributed by atoms with Gasteiger partial charge in [0.1, 0.15) is 24.2 Å². The topological polar surface area (TPSA) is 234 Å². The van der Waals surface area contributed by atoms with E-state index in [4.69, 9.17) is 21.7 Å². The zero-order valence-electron chi connectivity index (χ0n) is 17.1. The number of hydrogen-bond donors (Lipinski definition) is 8. The van der Waals surface area contributed by atoms with Crippen LogP contribution in [0.15, 0.2) is 0 Å². The fourth-order valence-electron chi connectivity index (χ4n) is 2.36. The lowest BCUT2D eigenvalue weighted by Gasteiger charge is -2.28. The third-order valence-corrected chi connectivity index (χ3v) is 4.41. The Balaban J connectivity index is 5.49. The first-order chi connectivity index (χ1) is 13.8. The fourth-order valence-corrected chi connectivity index (χ4v) is 2.36. The second kappa shape index (κ2) is 12.7. The lowest BCUT2D eigenvalue weighted by molar-refractivity contribution is -0.144. The number of carbonyl (C=O) groups excluding carboxylic acids is 4. The molecule has 0 aliphatic rings. The average molecular weight is 433 g/mol. The van der Waals surface area contributed by atoms with Crippen LogP contribution in [0.4, 0.5) is 0 Å². The highest BCUT2D eigenvalue weighted by Gasteiger charge is 2.34. The molecule has 0 aliphatic heterocycles. The van der Waals surface area contributed by atoms with Gasteiger partial charge in [0.15, 0.2) is 0 Å². The van der Waals surface area contributed by atoms with Gasteiger partial charge in [0.25, 0.3) is 0 Å². The first-order valence-corrected chi connectivity index (χ1v) is 9.32. The maximum Gasteiger partial charge on any atom is 0.326 e. The van der Waals surface area contributed by atoms with Crippen LogP contribution in [0, 0.1) is 5.92 Å². The summed E-state index contributed by atoms with van der Waals surface area (Å²) in [6.07, 6.45) is -1.61. The van der Waals surface area contributed by atoms with Crippen LogP contribution >= 0.6 is 0 Å². The SMILES string of the molecule is CCC(C)C(NC(=O)C(NC(=O)C(N)CO)C(C)O)C(=O)NC(CC(N)=O)C(=O)O. The molecule has 30 heavy (non-hydrogen) atoms. The van der Waals surface area contributed by atoms with E-state index in [1.54, 1.807) is 13.8 Å². The highest BCUT2D eigenvalue weighted by molar-refractivity contribution is 5.95. The summed E-state index contributed by atoms with van der Waals surface area (Å²) < 4.78 is 0. The first-order valence-electron chi connectivity index (χ1n) is 9.32. The summed E-state index contributed by atoms with van der Waals surface area (Å²) in [6, 6.07) is -5.64. The lowest BCUT2D eigenvalue weighted by Crippen LogP contribution is -2.61. The van der Waals surface area contributed by atoms with Crippen molar-refractivity contribution in [2.45, 2.75) is 63.9 Å². The molecular formula is C17H31N5O8. The molecule has 0 spiro atoms. The number of primary amides is 1. The van der Waals surface area contributed by atoms with Crippen LogP contribution in [0.3, 0.4) is 0 Å². The number of aliphatic hydroxyl groups is 2. The number of aliphatic hydroxyl groups excluding tert-OH is 2. The van der Waals surface area contributed by atoms with Crippen LogP contribution in [-0.2, 0) is 24.0 Å². The zero-order valence-corrected chi connectivity index (χ0v) is 17.1. The molecule has 10 N–H and O–H groups in total. The van der Waals surface area contributed by atoms with Gasteiger partial charge in [0.05, 0.1) is 19.1 Å². The summed E-state index contributed by atoms with van der Waals surface area (Å²) in [7, 11) is 0. The minimum Gasteiger partial charge on any atom is -0.480 e. The Hall–Kier alpha value is -2.77. The van der Waals surface area contributed by atoms with E-state index in [2.05, 4.69) is 16.0 Å². The second-order valence-corrected chi connectivity index (χ2v) is 6.96. The second-order valence-electron chi connectivity index (χ2n) is 6.96. The molecule has 0 heterocycles. The van der Waals surface area contributed by atoms with Gasteiger partial charge in [0, 0.05) is 0 Å². The number of carbonyl (C=O) groups is 5. The summed E-state index contributed by atoms with van der Waals surface area (Å²) >= 11 is 0. The third-order valence-electron chi connectivity index (χ3n) is 4.41. The molecule has 0 radical (unpaired) electrons. The molecule has 13 nitrogen and oxygen atoms in total. The normalized spacial score (nSPS) is 16.9. The third kappa shape index (κ3) is 8.71. The molecule has 6 atom stereocenters. The van der Waals surface area contributed by atoms with E-state index in [-0.39, 0.29) is 0 Å². The van der Waals surface area contributed by atoms with Crippen LogP contribution in [0.2, 0.25) is 0 Å². The van der Waals surface area contributed by atoms with E-state index in [0.717, 1.165) is 0 Å². The minimum atomic E-state index is -1.59. The zero-order chi connectivity index (χ0) is 23.6. The van der Waals surface area contributed by atoms with E-state index in [1.165, 1.54) is 6.92 Å². The first kappa shape index (κ1) is 27.2. The number of hydrogen-bond acceptors (Lipinski definition) is 8. The fraction of sp³-hybridized carbons (Fsp3) is 0.706. The van der Waals surface area contributed by atoms with E-state index >= 15 is 0 Å². The average Bonchev–Trinajstić information content (AvgIpc) is 2.66. The molecule has 0 saturated carbocycles. The Morgan fingerprint density at radius 2 is 1.43 bits per heavy atom. The van der Waals surface area contributed by atoms with Gasteiger partial charge in [-0.15, -0.1) is 0 Å². The Kier molecular flexibility index (Phi) is 11.5. The molecule has 0 aromatic carbocycles. The molecular weight excluding hydrogens is 402 g/mol. The smallest absolute Gasteiger partial charge is 0.326 e. The van der Waals surface area contributed by atoms with E-state index in [0.29, 0.717) is 6.42 Å². The summed E-state index contributed by atoms with van der Waals surface area (Å²) in [5.74, 6) is -5.59. The predicted molar refractivity (Wildman–Crippen MR) is 103 cm³/mol. The van der Waals surface area contributed by atoms with Crippen molar-refractivity contribution in [2.24, 2.45) is 17.4 Å². The number of carboxylic acids is 1. The van der Waals surface area contributed by atoms with Gasteiger partial charge in [-0.3, -0.25) is 19.2 Å². The van der Waals surface area contributed by atoms with Gasteiger partial charge in [-0.05, 0) is 12.8 Å². The monoisotopic (exact) mass is 433 g/mol. The van der Waals surface area contributed by atoms with Gasteiger partial charge in [0.2, 0.25) is 23.6 Å². The predicted octanol–water partition coefficient (Wildman–Crippen LogP) is -3.85. The summed E-state index contributed by atoms with van der Waals surface area (Å²) in [5, 5.41) is 34.6. The van der Waals surface area contributed by atoms with Crippen LogP contribution in [0.25, 0.3) is 0 Å². The maximum atomic E-state index is 12.6. The molecule has 0 saturated heterocycles. The molecule has 6 unspecified atom stereocenters. The molecule has 13 heteroatoms. The van der Waals surface area contributed by atoms with Crippen molar-refractivity contribution in [3.63, 3.8) is 0 Å². The Bertz CT molecular complexity index is 642. The number of amides is 4. The Labute approximate surface area is 173 Å². The van der Waals surface area contributed by atoms with Crippen molar-refractivity contribution >= 4 is 29.6 Å². The van der Waals surface area contributed by atoms with Crippen molar-refractivity contribution in [1.29, 1.82) is 0 Å². The van der Waals surface area contributed by atoms with Gasteiger partial charge >= 0.3 is 5.97 Å². The Morgan fingerprint density at radius 1 is 0.933 bits per heavy atom. The summed E-state index contributed by atoms with van der Waals surface area (Å²) in [4.78, 5) is 59.3. The standard InChI is InChI=1S/C17H31N5O8/c1-4-7(2)12(15(27)20-10(17(29)30)5-11(19)25)21-16(28)13(8(3)24)22-14(26)9(18)6-23/h7-10,12-13,23-24H,4-6,18H2,1-3H3,(H2,19,25)(H,20,27)(H,21,28)(H,22,26)(H,29,30). The van der Waals surface area contributed by atoms with Crippen molar-refractivity contribution in [3.05, 3.63) is 0 Å². The van der Waals surface area contributed by atoms with E-state index < -0.39 is 78.8 Å². The molecule has 172 valence electrons. The maximum absolute atomic E-state index is 12.6. The molecule has 0 aliphatic carbocycles. The molecule has 0 fully saturated rings. The molecule has 0 bridgehead atoms. The number of aliphatic carboxylic acids is 1. The van der Waals surface area contributed by atoms with Gasteiger partial charge in [-0.1, -0.05) is 20.3 Å². The van der Waals surface area contributed by atoms with E-state index in [1.807, 2.05) is 0 Å². The summed E-state index contributed by atoms with van der Waals surface area (Å²) in [6.45, 7) is 3.88. The van der Waals surface area contributed by atoms with Crippen molar-refractivity contribution < 1.29 is 39.3 Å². The lowest BCUT2D eigenvalue weighted by atomic mass is 9.97. The van der Waals surface area contributed by atoms with Crippen molar-refractivity contribution in [2.75, 3.05) is 6.61 Å². The number of nitrogens with one attached hydrogen (secondary N) is 3. The largest absolute Gasteiger partial charge is 0.480 e. The number of nitrogens with two attached hydrogens (primary N) is 2. The minimum absolute atomic E-state index is 0.410. The summed E-state index contributed by atoms with van der Waals surface area (Å²) in [5.41, 5.74) is 10.4. The molecule has 4 amide bonds. The van der Waals surface area contributed by atoms with Gasteiger partial charge < -0.3 is 42.7 Å². The van der Waals surface area contributed by atoms with Gasteiger partial charge in [-0.2, -0.15) is 0 Å². The van der Waals surface area contributed by atoms with Crippen molar-refractivity contribution in [1.82, 2.24) is 16.0 Å². The van der Waals surface area contributed by atoms with E-state index in [9.17, 15) is 29.1 Å². The number of rotatable bonds is 13. The number of carboxylic acid groups (broad SMARTS) is 1. The molecule has 0 aromatic heterocycles. The quantitative estimate of drug-likeness (QED) is 0.142. The highest BCUT2D eigenvalue weighted by Crippen LogP contribution is 2.10. The molecule has 0 aromatic rings. The van der Waals surface area contributed by atoms with Crippen LogP contribution in [-0.4, -0.2) is 81.8 Å².